The first-order valence-corrected chi connectivity index (χ1v) is 6.52. The van der Waals surface area contributed by atoms with Gasteiger partial charge in [-0.1, -0.05) is 22.0 Å². The van der Waals surface area contributed by atoms with Crippen LogP contribution in [0.3, 0.4) is 0 Å². The van der Waals surface area contributed by atoms with Gasteiger partial charge in [-0.05, 0) is 43.4 Å². The molecular weight excluding hydrogens is 282 g/mol. The zero-order valence-corrected chi connectivity index (χ0v) is 11.6. The highest BCUT2D eigenvalue weighted by Crippen LogP contribution is 2.35. The number of methoxy groups -OCH3 is 1. The Hall–Kier alpha value is -1.03. The maximum atomic E-state index is 11.7. The Morgan fingerprint density at radius 3 is 2.82 bits per heavy atom. The number of hydrogen-bond donors (Lipinski definition) is 1. The van der Waals surface area contributed by atoms with Crippen LogP contribution in [0.15, 0.2) is 22.7 Å². The fourth-order valence-electron chi connectivity index (χ4n) is 1.86. The Bertz CT molecular complexity index is 429. The molecule has 1 aliphatic carbocycles. The third-order valence-electron chi connectivity index (χ3n) is 3.13. The van der Waals surface area contributed by atoms with E-state index in [1.165, 1.54) is 7.11 Å². The van der Waals surface area contributed by atoms with Crippen LogP contribution in [0.4, 0.5) is 5.69 Å². The smallest absolute Gasteiger partial charge is 0.328 e. The van der Waals surface area contributed by atoms with Crippen molar-refractivity contribution in [1.29, 1.82) is 0 Å². The summed E-state index contributed by atoms with van der Waals surface area (Å²) in [5, 5.41) is 3.30. The van der Waals surface area contributed by atoms with E-state index in [1.807, 2.05) is 25.1 Å². The van der Waals surface area contributed by atoms with Crippen molar-refractivity contribution in [2.75, 3.05) is 12.4 Å². The lowest BCUT2D eigenvalue weighted by Gasteiger charge is -2.19. The SMILES string of the molecule is COC(=O)C(Nc1cccc(Br)c1C)C1CC1. The molecule has 0 saturated heterocycles. The van der Waals surface area contributed by atoms with Crippen molar-refractivity contribution in [3.8, 4) is 0 Å². The monoisotopic (exact) mass is 297 g/mol. The number of esters is 1. The van der Waals surface area contributed by atoms with Crippen molar-refractivity contribution in [3.05, 3.63) is 28.2 Å². The first-order chi connectivity index (χ1) is 8.13. The van der Waals surface area contributed by atoms with Crippen molar-refractivity contribution in [2.24, 2.45) is 5.92 Å². The largest absolute Gasteiger partial charge is 0.467 e. The Kier molecular flexibility index (Phi) is 3.72. The second kappa shape index (κ2) is 5.08. The highest BCUT2D eigenvalue weighted by molar-refractivity contribution is 9.10. The molecule has 1 saturated carbocycles. The molecular formula is C13H16BrNO2. The van der Waals surface area contributed by atoms with E-state index in [1.54, 1.807) is 0 Å². The van der Waals surface area contributed by atoms with E-state index in [9.17, 15) is 4.79 Å². The molecule has 0 spiro atoms. The molecule has 1 aromatic rings. The van der Waals surface area contributed by atoms with E-state index in [4.69, 9.17) is 4.74 Å². The summed E-state index contributed by atoms with van der Waals surface area (Å²) in [6.07, 6.45) is 2.19. The van der Waals surface area contributed by atoms with Gasteiger partial charge in [0, 0.05) is 10.2 Å². The topological polar surface area (TPSA) is 38.3 Å². The Labute approximate surface area is 110 Å². The third kappa shape index (κ3) is 2.80. The fourth-order valence-corrected chi connectivity index (χ4v) is 2.22. The molecule has 1 aromatic carbocycles. The van der Waals surface area contributed by atoms with Crippen LogP contribution in [-0.2, 0) is 9.53 Å². The molecule has 1 aliphatic rings. The molecule has 0 bridgehead atoms. The predicted octanol–water partition coefficient (Wildman–Crippen LogP) is 3.12. The number of halogens is 1. The summed E-state index contributed by atoms with van der Waals surface area (Å²) in [7, 11) is 1.44. The Morgan fingerprint density at radius 2 is 2.24 bits per heavy atom. The minimum absolute atomic E-state index is 0.174. The molecule has 1 N–H and O–H groups in total. The summed E-state index contributed by atoms with van der Waals surface area (Å²) in [5.41, 5.74) is 2.10. The van der Waals surface area contributed by atoms with Crippen LogP contribution < -0.4 is 5.32 Å². The van der Waals surface area contributed by atoms with Crippen LogP contribution in [0.5, 0.6) is 0 Å². The van der Waals surface area contributed by atoms with Crippen LogP contribution in [-0.4, -0.2) is 19.1 Å². The highest BCUT2D eigenvalue weighted by atomic mass is 79.9. The molecule has 0 aliphatic heterocycles. The minimum Gasteiger partial charge on any atom is -0.467 e. The average Bonchev–Trinajstić information content (AvgIpc) is 3.14. The van der Waals surface area contributed by atoms with E-state index in [0.717, 1.165) is 28.6 Å². The Morgan fingerprint density at radius 1 is 1.53 bits per heavy atom. The van der Waals surface area contributed by atoms with Gasteiger partial charge < -0.3 is 10.1 Å². The number of anilines is 1. The summed E-state index contributed by atoms with van der Waals surface area (Å²) in [5.74, 6) is 0.243. The minimum atomic E-state index is -0.215. The number of carbonyl (C=O) groups excluding carboxylic acids is 1. The second-order valence-corrected chi connectivity index (χ2v) is 5.25. The van der Waals surface area contributed by atoms with Gasteiger partial charge in [-0.15, -0.1) is 0 Å². The van der Waals surface area contributed by atoms with Gasteiger partial charge in [0.15, 0.2) is 0 Å². The number of ether oxygens (including phenoxy) is 1. The summed E-state index contributed by atoms with van der Waals surface area (Å²) >= 11 is 3.49. The van der Waals surface area contributed by atoms with Crippen LogP contribution in [0.2, 0.25) is 0 Å². The average molecular weight is 298 g/mol. The zero-order valence-electron chi connectivity index (χ0n) is 10.00. The Balaban J connectivity index is 2.17. The molecule has 0 radical (unpaired) electrons. The molecule has 0 amide bonds. The highest BCUT2D eigenvalue weighted by Gasteiger charge is 2.37. The summed E-state index contributed by atoms with van der Waals surface area (Å²) in [6, 6.07) is 5.72. The van der Waals surface area contributed by atoms with Gasteiger partial charge in [0.25, 0.3) is 0 Å². The number of rotatable bonds is 4. The standard InChI is InChI=1S/C13H16BrNO2/c1-8-10(14)4-3-5-11(8)15-12(9-6-7-9)13(16)17-2/h3-5,9,12,15H,6-7H2,1-2H3. The van der Waals surface area contributed by atoms with Crippen molar-refractivity contribution in [3.63, 3.8) is 0 Å². The molecule has 0 aromatic heterocycles. The van der Waals surface area contributed by atoms with Gasteiger partial charge in [-0.3, -0.25) is 0 Å². The molecule has 1 atom stereocenters. The fraction of sp³-hybridized carbons (Fsp3) is 0.462. The van der Waals surface area contributed by atoms with Gasteiger partial charge >= 0.3 is 5.97 Å². The summed E-state index contributed by atoms with van der Waals surface area (Å²) in [6.45, 7) is 2.02. The van der Waals surface area contributed by atoms with E-state index in [0.29, 0.717) is 5.92 Å². The van der Waals surface area contributed by atoms with Gasteiger partial charge in [0.05, 0.1) is 7.11 Å². The number of hydrogen-bond acceptors (Lipinski definition) is 3. The maximum Gasteiger partial charge on any atom is 0.328 e. The molecule has 1 unspecified atom stereocenters. The first-order valence-electron chi connectivity index (χ1n) is 5.73. The van der Waals surface area contributed by atoms with E-state index in [2.05, 4.69) is 21.2 Å². The molecule has 3 nitrogen and oxygen atoms in total. The molecule has 92 valence electrons. The van der Waals surface area contributed by atoms with Crippen LogP contribution in [0.25, 0.3) is 0 Å². The van der Waals surface area contributed by atoms with Crippen LogP contribution in [0, 0.1) is 12.8 Å². The lowest BCUT2D eigenvalue weighted by atomic mass is 10.1. The zero-order chi connectivity index (χ0) is 12.4. The lowest BCUT2D eigenvalue weighted by molar-refractivity contribution is -0.142. The van der Waals surface area contributed by atoms with Gasteiger partial charge in [-0.2, -0.15) is 0 Å². The normalized spacial score (nSPS) is 16.4. The van der Waals surface area contributed by atoms with Crippen LogP contribution in [0.1, 0.15) is 18.4 Å². The van der Waals surface area contributed by atoms with Gasteiger partial charge in [0.1, 0.15) is 6.04 Å². The quantitative estimate of drug-likeness (QED) is 0.868. The van der Waals surface area contributed by atoms with Crippen molar-refractivity contribution >= 4 is 27.6 Å². The molecule has 1 fully saturated rings. The molecule has 0 heterocycles. The van der Waals surface area contributed by atoms with Gasteiger partial charge in [0.2, 0.25) is 0 Å². The maximum absolute atomic E-state index is 11.7. The summed E-state index contributed by atoms with van der Waals surface area (Å²) < 4.78 is 5.89. The molecule has 2 rings (SSSR count). The number of carbonyl (C=O) groups is 1. The first kappa shape index (κ1) is 12.4. The summed E-state index contributed by atoms with van der Waals surface area (Å²) in [4.78, 5) is 11.7. The van der Waals surface area contributed by atoms with Crippen molar-refractivity contribution < 1.29 is 9.53 Å². The second-order valence-electron chi connectivity index (χ2n) is 4.39. The van der Waals surface area contributed by atoms with Crippen molar-refractivity contribution in [1.82, 2.24) is 0 Å². The van der Waals surface area contributed by atoms with E-state index < -0.39 is 0 Å². The number of benzene rings is 1. The van der Waals surface area contributed by atoms with E-state index >= 15 is 0 Å². The lowest BCUT2D eigenvalue weighted by Crippen LogP contribution is -2.32. The van der Waals surface area contributed by atoms with Crippen LogP contribution >= 0.6 is 15.9 Å². The third-order valence-corrected chi connectivity index (χ3v) is 3.99. The molecule has 4 heteroatoms. The number of nitrogens with one attached hydrogen (secondary N) is 1. The molecule has 17 heavy (non-hydrogen) atoms. The predicted molar refractivity (Wildman–Crippen MR) is 71.0 cm³/mol. The van der Waals surface area contributed by atoms with E-state index in [-0.39, 0.29) is 12.0 Å². The van der Waals surface area contributed by atoms with Gasteiger partial charge in [-0.25, -0.2) is 4.79 Å². The van der Waals surface area contributed by atoms with Crippen molar-refractivity contribution in [2.45, 2.75) is 25.8 Å².